The number of carbonyl (C=O) groups is 1. The van der Waals surface area contributed by atoms with Gasteiger partial charge in [0, 0.05) is 12.2 Å². The van der Waals surface area contributed by atoms with Gasteiger partial charge in [-0.25, -0.2) is 4.39 Å². The molecule has 3 rings (SSSR count). The fourth-order valence-electron chi connectivity index (χ4n) is 4.16. The highest BCUT2D eigenvalue weighted by Crippen LogP contribution is 2.48. The number of alkyl halides is 1. The van der Waals surface area contributed by atoms with Crippen LogP contribution in [0.4, 0.5) is 10.1 Å². The van der Waals surface area contributed by atoms with E-state index in [9.17, 15) is 14.3 Å². The summed E-state index contributed by atoms with van der Waals surface area (Å²) in [7, 11) is 0. The maximum Gasteiger partial charge on any atom is 0.233 e. The van der Waals surface area contributed by atoms with Gasteiger partial charge in [-0.2, -0.15) is 0 Å². The zero-order valence-electron chi connectivity index (χ0n) is 16.2. The van der Waals surface area contributed by atoms with Gasteiger partial charge in [-0.3, -0.25) is 4.79 Å². The first-order valence-electron chi connectivity index (χ1n) is 9.82. The molecule has 150 valence electrons. The number of rotatable bonds is 7. The number of halogens is 1. The minimum atomic E-state index is -0.941. The minimum Gasteiger partial charge on any atom is -0.491 e. The van der Waals surface area contributed by atoms with Crippen molar-refractivity contribution in [2.45, 2.75) is 57.7 Å². The normalized spacial score (nSPS) is 28.3. The monoisotopic (exact) mass is 379 g/mol. The molecule has 1 spiro atoms. The van der Waals surface area contributed by atoms with E-state index in [1.807, 2.05) is 43.0 Å². The topological polar surface area (TPSA) is 59.0 Å². The third-order valence-corrected chi connectivity index (χ3v) is 5.76. The van der Waals surface area contributed by atoms with Crippen LogP contribution in [0.3, 0.4) is 0 Å². The molecule has 1 heterocycles. The average molecular weight is 379 g/mol. The van der Waals surface area contributed by atoms with Gasteiger partial charge < -0.3 is 19.5 Å². The smallest absolute Gasteiger partial charge is 0.233 e. The van der Waals surface area contributed by atoms with Gasteiger partial charge in [-0.15, -0.1) is 0 Å². The predicted molar refractivity (Wildman–Crippen MR) is 102 cm³/mol. The molecule has 0 atom stereocenters. The van der Waals surface area contributed by atoms with Crippen LogP contribution in [0.1, 0.15) is 46.0 Å². The molecule has 1 aliphatic heterocycles. The number of benzene rings is 1. The van der Waals surface area contributed by atoms with Gasteiger partial charge in [0.1, 0.15) is 12.4 Å². The van der Waals surface area contributed by atoms with Gasteiger partial charge in [0.25, 0.3) is 0 Å². The van der Waals surface area contributed by atoms with Gasteiger partial charge in [0.2, 0.25) is 5.91 Å². The van der Waals surface area contributed by atoms with E-state index in [1.165, 1.54) is 0 Å². The van der Waals surface area contributed by atoms with Crippen molar-refractivity contribution in [2.75, 3.05) is 31.3 Å². The molecule has 0 bridgehead atoms. The zero-order valence-corrected chi connectivity index (χ0v) is 16.2. The summed E-state index contributed by atoms with van der Waals surface area (Å²) < 4.78 is 23.1. The van der Waals surface area contributed by atoms with Crippen LogP contribution in [0.2, 0.25) is 0 Å². The molecule has 0 radical (unpaired) electrons. The third kappa shape index (κ3) is 4.43. The van der Waals surface area contributed by atoms with E-state index in [-0.39, 0.29) is 30.6 Å². The van der Waals surface area contributed by atoms with Gasteiger partial charge >= 0.3 is 0 Å². The predicted octanol–water partition coefficient (Wildman–Crippen LogP) is 3.49. The first-order chi connectivity index (χ1) is 12.9. The summed E-state index contributed by atoms with van der Waals surface area (Å²) in [4.78, 5) is 15.0. The van der Waals surface area contributed by atoms with Gasteiger partial charge in [0.05, 0.1) is 30.3 Å². The van der Waals surface area contributed by atoms with E-state index in [1.54, 1.807) is 0 Å². The largest absolute Gasteiger partial charge is 0.491 e. The summed E-state index contributed by atoms with van der Waals surface area (Å²) in [5, 5.41) is 10.6. The Bertz CT molecular complexity index is 638. The van der Waals surface area contributed by atoms with Crippen molar-refractivity contribution in [1.29, 1.82) is 0 Å². The van der Waals surface area contributed by atoms with Crippen LogP contribution < -0.4 is 9.64 Å². The molecular formula is C21H30FNO4. The lowest BCUT2D eigenvalue weighted by Crippen LogP contribution is -2.45. The summed E-state index contributed by atoms with van der Waals surface area (Å²) >= 11 is 0. The molecule has 1 N–H and O–H groups in total. The van der Waals surface area contributed by atoms with E-state index < -0.39 is 12.3 Å². The van der Waals surface area contributed by atoms with Crippen LogP contribution >= 0.6 is 0 Å². The number of nitrogens with zero attached hydrogens (tertiary/aromatic N) is 1. The molecule has 1 saturated heterocycles. The Hall–Kier alpha value is -1.66. The highest BCUT2D eigenvalue weighted by Gasteiger charge is 2.51. The molecule has 5 nitrogen and oxygen atoms in total. The van der Waals surface area contributed by atoms with Crippen LogP contribution in [0.25, 0.3) is 0 Å². The summed E-state index contributed by atoms with van der Waals surface area (Å²) in [6, 6.07) is 7.65. The highest BCUT2D eigenvalue weighted by atomic mass is 19.1. The number of hydrogen-bond acceptors (Lipinski definition) is 4. The lowest BCUT2D eigenvalue weighted by atomic mass is 9.68. The van der Waals surface area contributed by atoms with E-state index in [4.69, 9.17) is 9.47 Å². The molecule has 6 heteroatoms. The van der Waals surface area contributed by atoms with Crippen molar-refractivity contribution in [1.82, 2.24) is 0 Å². The van der Waals surface area contributed by atoms with Crippen molar-refractivity contribution in [3.8, 4) is 5.75 Å². The van der Waals surface area contributed by atoms with Crippen molar-refractivity contribution in [2.24, 2.45) is 5.41 Å². The molecule has 1 amide bonds. The van der Waals surface area contributed by atoms with E-state index in [2.05, 4.69) is 0 Å². The fraction of sp³-hybridized carbons (Fsp3) is 0.667. The number of hydrogen-bond donors (Lipinski definition) is 1. The number of anilines is 1. The molecule has 1 aromatic carbocycles. The molecule has 2 aliphatic rings. The molecule has 0 aromatic heterocycles. The molecular weight excluding hydrogens is 349 g/mol. The SMILES string of the molecule is CC(C)Oc1ccc(N2CCC3(CCC(O)(COCCF)CC3)C2=O)cc1. The Kier molecular flexibility index (Phi) is 6.06. The highest BCUT2D eigenvalue weighted by molar-refractivity contribution is 6.00. The molecule has 1 aromatic rings. The Labute approximate surface area is 160 Å². The van der Waals surface area contributed by atoms with E-state index >= 15 is 0 Å². The molecule has 1 aliphatic carbocycles. The molecule has 1 saturated carbocycles. The number of amides is 1. The van der Waals surface area contributed by atoms with E-state index in [0.29, 0.717) is 32.2 Å². The Morgan fingerprint density at radius 1 is 1.15 bits per heavy atom. The quantitative estimate of drug-likeness (QED) is 0.737. The maximum atomic E-state index is 13.1. The first kappa shape index (κ1) is 20.1. The van der Waals surface area contributed by atoms with Crippen molar-refractivity contribution in [3.05, 3.63) is 24.3 Å². The van der Waals surface area contributed by atoms with Crippen LogP contribution in [0.15, 0.2) is 24.3 Å². The summed E-state index contributed by atoms with van der Waals surface area (Å²) in [6.45, 7) is 4.26. The lowest BCUT2D eigenvalue weighted by Gasteiger charge is -2.40. The molecule has 0 unspecified atom stereocenters. The van der Waals surface area contributed by atoms with Crippen molar-refractivity contribution < 1.29 is 23.8 Å². The molecule has 27 heavy (non-hydrogen) atoms. The van der Waals surface area contributed by atoms with Crippen LogP contribution in [-0.4, -0.2) is 49.2 Å². The number of aliphatic hydroxyl groups is 1. The van der Waals surface area contributed by atoms with E-state index in [0.717, 1.165) is 17.9 Å². The minimum absolute atomic E-state index is 0.0106. The Morgan fingerprint density at radius 3 is 2.41 bits per heavy atom. The van der Waals surface area contributed by atoms with Gasteiger partial charge in [0.15, 0.2) is 0 Å². The van der Waals surface area contributed by atoms with Crippen LogP contribution in [-0.2, 0) is 9.53 Å². The van der Waals surface area contributed by atoms with Crippen molar-refractivity contribution >= 4 is 11.6 Å². The summed E-state index contributed by atoms with van der Waals surface area (Å²) in [5.41, 5.74) is -0.441. The summed E-state index contributed by atoms with van der Waals surface area (Å²) in [6.07, 6.45) is 3.23. The van der Waals surface area contributed by atoms with Crippen LogP contribution in [0, 0.1) is 5.41 Å². The fourth-order valence-corrected chi connectivity index (χ4v) is 4.16. The number of carbonyl (C=O) groups excluding carboxylic acids is 1. The second kappa shape index (κ2) is 8.15. The first-order valence-corrected chi connectivity index (χ1v) is 9.82. The molecule has 2 fully saturated rings. The van der Waals surface area contributed by atoms with Crippen molar-refractivity contribution in [3.63, 3.8) is 0 Å². The van der Waals surface area contributed by atoms with Gasteiger partial charge in [-0.05, 0) is 70.2 Å². The third-order valence-electron chi connectivity index (χ3n) is 5.76. The number of ether oxygens (including phenoxy) is 2. The summed E-state index contributed by atoms with van der Waals surface area (Å²) in [5.74, 6) is 0.942. The Balaban J connectivity index is 1.62. The average Bonchev–Trinajstić information content (AvgIpc) is 2.95. The van der Waals surface area contributed by atoms with Gasteiger partial charge in [-0.1, -0.05) is 0 Å². The second-order valence-corrected chi connectivity index (χ2v) is 8.11. The van der Waals surface area contributed by atoms with Crippen LogP contribution in [0.5, 0.6) is 5.75 Å². The Morgan fingerprint density at radius 2 is 1.81 bits per heavy atom. The second-order valence-electron chi connectivity index (χ2n) is 8.11. The standard InChI is InChI=1S/C21H30FNO4/c1-16(2)27-18-5-3-17(4-6-18)23-13-11-20(19(23)24)7-9-21(25,10-8-20)15-26-14-12-22/h3-6,16,25H,7-15H2,1-2H3. The lowest BCUT2D eigenvalue weighted by molar-refractivity contribution is -0.134. The maximum absolute atomic E-state index is 13.1. The zero-order chi connectivity index (χ0) is 19.5.